The zero-order valence-electron chi connectivity index (χ0n) is 19.7. The molecule has 3 rings (SSSR count). The van der Waals surface area contributed by atoms with Gasteiger partial charge < -0.3 is 14.2 Å². The summed E-state index contributed by atoms with van der Waals surface area (Å²) in [5.74, 6) is 0.823. The minimum Gasteiger partial charge on any atom is -0.493 e. The van der Waals surface area contributed by atoms with Crippen molar-refractivity contribution in [2.24, 2.45) is 5.10 Å². The van der Waals surface area contributed by atoms with E-state index in [2.05, 4.69) is 30.4 Å². The number of esters is 1. The number of hydrogen-bond acceptors (Lipinski definition) is 6. The molecule has 0 unspecified atom stereocenters. The van der Waals surface area contributed by atoms with Crippen LogP contribution in [0.25, 0.3) is 0 Å². The van der Waals surface area contributed by atoms with Crippen molar-refractivity contribution >= 4 is 18.1 Å². The van der Waals surface area contributed by atoms with Crippen molar-refractivity contribution < 1.29 is 23.8 Å². The maximum Gasteiger partial charge on any atom is 0.343 e. The fraction of sp³-hybridized carbons (Fsp3) is 0.222. The Bertz CT molecular complexity index is 1170. The summed E-state index contributed by atoms with van der Waals surface area (Å²) in [5.41, 5.74) is 5.63. The van der Waals surface area contributed by atoms with Crippen LogP contribution in [0.3, 0.4) is 0 Å². The molecule has 0 aromatic heterocycles. The number of hydrogen-bond donors (Lipinski definition) is 1. The van der Waals surface area contributed by atoms with Crippen LogP contribution in [0.5, 0.6) is 17.2 Å². The van der Waals surface area contributed by atoms with Gasteiger partial charge in [0.25, 0.3) is 5.91 Å². The molecule has 0 saturated carbocycles. The van der Waals surface area contributed by atoms with Crippen molar-refractivity contribution in [1.29, 1.82) is 0 Å². The Morgan fingerprint density at radius 1 is 0.971 bits per heavy atom. The van der Waals surface area contributed by atoms with Crippen LogP contribution in [0, 0.1) is 6.92 Å². The van der Waals surface area contributed by atoms with Gasteiger partial charge in [-0.25, -0.2) is 10.2 Å². The number of aryl methyl sites for hydroxylation is 1. The lowest BCUT2D eigenvalue weighted by Crippen LogP contribution is -2.24. The normalized spacial score (nSPS) is 10.9. The SMILES string of the molecule is COc1cc(/C=N\NC(=O)COc2cc(C(C)C)ccc2C)ccc1OC(=O)c1ccccc1. The van der Waals surface area contributed by atoms with Crippen LogP contribution in [0.4, 0.5) is 0 Å². The summed E-state index contributed by atoms with van der Waals surface area (Å²) in [6, 6.07) is 19.6. The smallest absolute Gasteiger partial charge is 0.343 e. The Hall–Kier alpha value is -4.13. The maximum atomic E-state index is 12.3. The highest BCUT2D eigenvalue weighted by Gasteiger charge is 2.12. The lowest BCUT2D eigenvalue weighted by Gasteiger charge is -2.12. The van der Waals surface area contributed by atoms with Crippen LogP contribution in [0.2, 0.25) is 0 Å². The average molecular weight is 461 g/mol. The molecule has 0 atom stereocenters. The molecule has 7 heteroatoms. The summed E-state index contributed by atoms with van der Waals surface area (Å²) >= 11 is 0. The zero-order valence-corrected chi connectivity index (χ0v) is 19.7. The van der Waals surface area contributed by atoms with Gasteiger partial charge in [0.15, 0.2) is 18.1 Å². The highest BCUT2D eigenvalue weighted by molar-refractivity contribution is 5.91. The van der Waals surface area contributed by atoms with Crippen LogP contribution in [-0.2, 0) is 4.79 Å². The molecule has 0 radical (unpaired) electrons. The third-order valence-corrected chi connectivity index (χ3v) is 5.04. The van der Waals surface area contributed by atoms with E-state index < -0.39 is 5.97 Å². The molecule has 0 spiro atoms. The highest BCUT2D eigenvalue weighted by atomic mass is 16.6. The third-order valence-electron chi connectivity index (χ3n) is 5.04. The van der Waals surface area contributed by atoms with Crippen molar-refractivity contribution in [2.75, 3.05) is 13.7 Å². The first-order valence-electron chi connectivity index (χ1n) is 10.9. The van der Waals surface area contributed by atoms with Crippen molar-refractivity contribution in [3.63, 3.8) is 0 Å². The van der Waals surface area contributed by atoms with Crippen LogP contribution >= 0.6 is 0 Å². The van der Waals surface area contributed by atoms with Gasteiger partial charge in [-0.15, -0.1) is 0 Å². The first-order chi connectivity index (χ1) is 16.4. The van der Waals surface area contributed by atoms with Gasteiger partial charge in [0.05, 0.1) is 18.9 Å². The molecule has 1 N–H and O–H groups in total. The molecule has 0 bridgehead atoms. The zero-order chi connectivity index (χ0) is 24.5. The molecule has 0 aliphatic rings. The number of nitrogens with zero attached hydrogens (tertiary/aromatic N) is 1. The van der Waals surface area contributed by atoms with E-state index in [0.717, 1.165) is 11.1 Å². The standard InChI is InChI=1S/C27H28N2O5/c1-18(2)22-12-10-19(3)24(15-22)33-17-26(30)29-28-16-20-11-13-23(25(14-20)32-4)34-27(31)21-8-6-5-7-9-21/h5-16,18H,17H2,1-4H3,(H,29,30)/b28-16-. The Labute approximate surface area is 199 Å². The molecular weight excluding hydrogens is 432 g/mol. The predicted octanol–water partition coefficient (Wildman–Crippen LogP) is 4.88. The minimum atomic E-state index is -0.484. The van der Waals surface area contributed by atoms with Gasteiger partial charge in [-0.05, 0) is 65.9 Å². The topological polar surface area (TPSA) is 86.2 Å². The van der Waals surface area contributed by atoms with E-state index in [4.69, 9.17) is 14.2 Å². The van der Waals surface area contributed by atoms with Gasteiger partial charge in [-0.3, -0.25) is 4.79 Å². The fourth-order valence-electron chi connectivity index (χ4n) is 3.07. The highest BCUT2D eigenvalue weighted by Crippen LogP contribution is 2.28. The second kappa shape index (κ2) is 11.7. The predicted molar refractivity (Wildman–Crippen MR) is 131 cm³/mol. The number of benzene rings is 3. The minimum absolute atomic E-state index is 0.155. The molecular formula is C27H28N2O5. The second-order valence-corrected chi connectivity index (χ2v) is 7.93. The van der Waals surface area contributed by atoms with Gasteiger partial charge in [0, 0.05) is 0 Å². The van der Waals surface area contributed by atoms with Gasteiger partial charge in [-0.1, -0.05) is 44.2 Å². The Morgan fingerprint density at radius 2 is 1.74 bits per heavy atom. The second-order valence-electron chi connectivity index (χ2n) is 7.93. The van der Waals surface area contributed by atoms with Gasteiger partial charge in [0.2, 0.25) is 0 Å². The van der Waals surface area contributed by atoms with E-state index in [9.17, 15) is 9.59 Å². The first-order valence-corrected chi connectivity index (χ1v) is 10.9. The number of carbonyl (C=O) groups excluding carboxylic acids is 2. The van der Waals surface area contributed by atoms with Gasteiger partial charge >= 0.3 is 5.97 Å². The lowest BCUT2D eigenvalue weighted by atomic mass is 10.0. The van der Waals surface area contributed by atoms with Crippen molar-refractivity contribution in [1.82, 2.24) is 5.43 Å². The number of methoxy groups -OCH3 is 1. The average Bonchev–Trinajstić information content (AvgIpc) is 2.84. The third kappa shape index (κ3) is 6.68. The van der Waals surface area contributed by atoms with Crippen molar-refractivity contribution in [2.45, 2.75) is 26.7 Å². The number of nitrogens with one attached hydrogen (secondary N) is 1. The summed E-state index contributed by atoms with van der Waals surface area (Å²) in [4.78, 5) is 24.4. The van der Waals surface area contributed by atoms with Crippen LogP contribution in [0.1, 0.15) is 46.8 Å². The van der Waals surface area contributed by atoms with E-state index in [1.54, 1.807) is 42.5 Å². The Balaban J connectivity index is 1.56. The summed E-state index contributed by atoms with van der Waals surface area (Å²) in [6.07, 6.45) is 1.47. The van der Waals surface area contributed by atoms with Crippen LogP contribution < -0.4 is 19.6 Å². The number of carbonyl (C=O) groups is 2. The molecule has 1 amide bonds. The van der Waals surface area contributed by atoms with Crippen molar-refractivity contribution in [3.8, 4) is 17.2 Å². The Morgan fingerprint density at radius 3 is 2.44 bits per heavy atom. The monoisotopic (exact) mass is 460 g/mol. The van der Waals surface area contributed by atoms with Gasteiger partial charge in [-0.2, -0.15) is 5.10 Å². The molecule has 0 aliphatic heterocycles. The molecule has 3 aromatic carbocycles. The summed E-state index contributed by atoms with van der Waals surface area (Å²) < 4.78 is 16.4. The quantitative estimate of drug-likeness (QED) is 0.213. The van der Waals surface area contributed by atoms with Crippen LogP contribution in [-0.4, -0.2) is 31.8 Å². The maximum absolute atomic E-state index is 12.3. The molecule has 34 heavy (non-hydrogen) atoms. The van der Waals surface area contributed by atoms with E-state index >= 15 is 0 Å². The first kappa shape index (κ1) is 24.5. The molecule has 176 valence electrons. The number of rotatable bonds is 9. The van der Waals surface area contributed by atoms with Gasteiger partial charge in [0.1, 0.15) is 5.75 Å². The van der Waals surface area contributed by atoms with Crippen LogP contribution in [0.15, 0.2) is 71.8 Å². The number of hydrazone groups is 1. The molecule has 0 fully saturated rings. The molecule has 0 heterocycles. The number of ether oxygens (including phenoxy) is 3. The van der Waals surface area contributed by atoms with Crippen molar-refractivity contribution in [3.05, 3.63) is 89.0 Å². The lowest BCUT2D eigenvalue weighted by molar-refractivity contribution is -0.123. The molecule has 0 saturated heterocycles. The van der Waals surface area contributed by atoms with E-state index in [0.29, 0.717) is 28.5 Å². The molecule has 7 nitrogen and oxygen atoms in total. The summed E-state index contributed by atoms with van der Waals surface area (Å²) in [6.45, 7) is 5.98. The summed E-state index contributed by atoms with van der Waals surface area (Å²) in [7, 11) is 1.48. The van der Waals surface area contributed by atoms with E-state index in [1.165, 1.54) is 13.3 Å². The fourth-order valence-corrected chi connectivity index (χ4v) is 3.07. The summed E-state index contributed by atoms with van der Waals surface area (Å²) in [5, 5.41) is 3.97. The Kier molecular flexibility index (Phi) is 8.40. The molecule has 0 aliphatic carbocycles. The largest absolute Gasteiger partial charge is 0.493 e. The van der Waals surface area contributed by atoms with E-state index in [1.807, 2.05) is 25.1 Å². The van der Waals surface area contributed by atoms with E-state index in [-0.39, 0.29) is 18.3 Å². The number of amides is 1. The molecule has 3 aromatic rings.